The summed E-state index contributed by atoms with van der Waals surface area (Å²) in [4.78, 5) is 27.6. The van der Waals surface area contributed by atoms with E-state index in [0.717, 1.165) is 0 Å². The molecule has 0 saturated carbocycles. The third-order valence-corrected chi connectivity index (χ3v) is 6.09. The van der Waals surface area contributed by atoms with Crippen molar-refractivity contribution in [1.29, 1.82) is 0 Å². The fourth-order valence-corrected chi connectivity index (χ4v) is 4.49. The molecule has 2 aliphatic rings. The quantitative estimate of drug-likeness (QED) is 0.762. The lowest BCUT2D eigenvalue weighted by molar-refractivity contribution is -0.130. The van der Waals surface area contributed by atoms with Crippen molar-refractivity contribution in [2.75, 3.05) is 19.6 Å². The Kier molecular flexibility index (Phi) is 3.89. The predicted octanol–water partition coefficient (Wildman–Crippen LogP) is 0.732. The molecule has 2 fully saturated rings. The molecule has 124 valence electrons. The molecule has 1 atom stereocenters. The van der Waals surface area contributed by atoms with Crippen LogP contribution in [0.25, 0.3) is 0 Å². The highest BCUT2D eigenvalue weighted by molar-refractivity contribution is 7.89. The van der Waals surface area contributed by atoms with E-state index in [1.807, 2.05) is 0 Å². The van der Waals surface area contributed by atoms with Crippen LogP contribution in [0.2, 0.25) is 0 Å². The molecule has 7 nitrogen and oxygen atoms in total. The minimum Gasteiger partial charge on any atom is -0.310 e. The molecule has 0 bridgehead atoms. The smallest absolute Gasteiger partial charge is 0.310 e. The van der Waals surface area contributed by atoms with Crippen LogP contribution in [-0.4, -0.2) is 66.2 Å². The summed E-state index contributed by atoms with van der Waals surface area (Å²) in [6.07, 6.45) is 0. The molecule has 2 aliphatic heterocycles. The van der Waals surface area contributed by atoms with Crippen LogP contribution < -0.4 is 0 Å². The summed E-state index contributed by atoms with van der Waals surface area (Å²) in [7, 11) is -3.65. The number of rotatable bonds is 3. The van der Waals surface area contributed by atoms with Gasteiger partial charge < -0.3 is 4.90 Å². The van der Waals surface area contributed by atoms with Crippen LogP contribution in [0.4, 0.5) is 4.79 Å². The number of sulfonamides is 1. The highest BCUT2D eigenvalue weighted by atomic mass is 32.2. The number of imide groups is 1. The molecule has 0 aromatic heterocycles. The van der Waals surface area contributed by atoms with Gasteiger partial charge >= 0.3 is 6.03 Å². The summed E-state index contributed by atoms with van der Waals surface area (Å²) in [5.41, 5.74) is 0. The van der Waals surface area contributed by atoms with Gasteiger partial charge in [0.05, 0.1) is 4.90 Å². The van der Waals surface area contributed by atoms with Gasteiger partial charge in [-0.3, -0.25) is 9.69 Å². The third kappa shape index (κ3) is 2.51. The Bertz CT molecular complexity index is 732. The first-order valence-corrected chi connectivity index (χ1v) is 8.97. The summed E-state index contributed by atoms with van der Waals surface area (Å²) in [6.45, 7) is 3.97. The lowest BCUT2D eigenvalue weighted by atomic mass is 10.2. The Morgan fingerprint density at radius 1 is 1.09 bits per heavy atom. The minimum atomic E-state index is -3.65. The monoisotopic (exact) mass is 337 g/mol. The van der Waals surface area contributed by atoms with Crippen molar-refractivity contribution in [2.24, 2.45) is 0 Å². The predicted molar refractivity (Wildman–Crippen MR) is 83.1 cm³/mol. The van der Waals surface area contributed by atoms with Crippen LogP contribution in [0.1, 0.15) is 13.8 Å². The number of benzene rings is 1. The van der Waals surface area contributed by atoms with Crippen molar-refractivity contribution in [3.63, 3.8) is 0 Å². The maximum absolute atomic E-state index is 12.7. The normalized spacial score (nSPS) is 22.8. The fourth-order valence-electron chi connectivity index (χ4n) is 3.03. The second kappa shape index (κ2) is 5.61. The first-order valence-electron chi connectivity index (χ1n) is 7.53. The van der Waals surface area contributed by atoms with Gasteiger partial charge in [0.2, 0.25) is 10.0 Å². The molecular weight excluding hydrogens is 318 g/mol. The largest absolute Gasteiger partial charge is 0.327 e. The number of carbonyl (C=O) groups is 2. The van der Waals surface area contributed by atoms with Crippen LogP contribution in [0.15, 0.2) is 35.2 Å². The Morgan fingerprint density at radius 3 is 2.35 bits per heavy atom. The highest BCUT2D eigenvalue weighted by Crippen LogP contribution is 2.26. The molecule has 3 amide bonds. The van der Waals surface area contributed by atoms with E-state index in [9.17, 15) is 18.0 Å². The molecule has 1 aromatic carbocycles. The van der Waals surface area contributed by atoms with E-state index in [-0.39, 0.29) is 42.5 Å². The number of urea groups is 1. The zero-order chi connectivity index (χ0) is 16.8. The fraction of sp³-hybridized carbons (Fsp3) is 0.467. The van der Waals surface area contributed by atoms with Crippen LogP contribution in [0.5, 0.6) is 0 Å². The van der Waals surface area contributed by atoms with Crippen molar-refractivity contribution in [3.8, 4) is 0 Å². The standard InChI is InChI=1S/C15H19N3O4S/c1-11(2)18-14(19)13-10-16(8-9-17(13)15(18)20)23(21,22)12-6-4-3-5-7-12/h3-7,11,13H,8-10H2,1-2H3/t13-/m1/s1. The summed E-state index contributed by atoms with van der Waals surface area (Å²) >= 11 is 0. The molecule has 0 unspecified atom stereocenters. The Hall–Kier alpha value is -1.93. The van der Waals surface area contributed by atoms with E-state index >= 15 is 0 Å². The zero-order valence-electron chi connectivity index (χ0n) is 13.0. The van der Waals surface area contributed by atoms with Crippen LogP contribution in [0.3, 0.4) is 0 Å². The first-order chi connectivity index (χ1) is 10.8. The van der Waals surface area contributed by atoms with Crippen molar-refractivity contribution < 1.29 is 18.0 Å². The molecule has 0 radical (unpaired) electrons. The number of hydrogen-bond acceptors (Lipinski definition) is 4. The van der Waals surface area contributed by atoms with E-state index in [2.05, 4.69) is 0 Å². The number of hydrogen-bond donors (Lipinski definition) is 0. The summed E-state index contributed by atoms with van der Waals surface area (Å²) in [5.74, 6) is -0.321. The topological polar surface area (TPSA) is 78.0 Å². The number of nitrogens with zero attached hydrogens (tertiary/aromatic N) is 3. The van der Waals surface area contributed by atoms with Crippen LogP contribution >= 0.6 is 0 Å². The third-order valence-electron chi connectivity index (χ3n) is 4.21. The molecule has 2 heterocycles. The van der Waals surface area contributed by atoms with Gasteiger partial charge in [0, 0.05) is 25.7 Å². The van der Waals surface area contributed by atoms with E-state index in [1.165, 1.54) is 26.2 Å². The van der Waals surface area contributed by atoms with Gasteiger partial charge in [-0.25, -0.2) is 13.2 Å². The van der Waals surface area contributed by atoms with Gasteiger partial charge in [0.1, 0.15) is 6.04 Å². The second-order valence-corrected chi connectivity index (χ2v) is 7.91. The van der Waals surface area contributed by atoms with E-state index in [4.69, 9.17) is 0 Å². The number of fused-ring (bicyclic) bond motifs is 1. The number of piperazine rings is 1. The average Bonchev–Trinajstić information content (AvgIpc) is 2.79. The van der Waals surface area contributed by atoms with Gasteiger partial charge in [0.25, 0.3) is 5.91 Å². The van der Waals surface area contributed by atoms with E-state index in [1.54, 1.807) is 32.0 Å². The van der Waals surface area contributed by atoms with Gasteiger partial charge in [-0.1, -0.05) is 18.2 Å². The number of amides is 3. The molecule has 0 spiro atoms. The lowest BCUT2D eigenvalue weighted by Crippen LogP contribution is -2.54. The SMILES string of the molecule is CC(C)N1C(=O)[C@H]2CN(S(=O)(=O)c3ccccc3)CCN2C1=O. The Labute approximate surface area is 135 Å². The second-order valence-electron chi connectivity index (χ2n) is 5.97. The minimum absolute atomic E-state index is 0.00498. The maximum Gasteiger partial charge on any atom is 0.327 e. The molecule has 2 saturated heterocycles. The average molecular weight is 337 g/mol. The van der Waals surface area contributed by atoms with Crippen molar-refractivity contribution in [3.05, 3.63) is 30.3 Å². The lowest BCUT2D eigenvalue weighted by Gasteiger charge is -2.34. The van der Waals surface area contributed by atoms with Crippen molar-refractivity contribution >= 4 is 22.0 Å². The first kappa shape index (κ1) is 15.9. The molecule has 3 rings (SSSR count). The van der Waals surface area contributed by atoms with Gasteiger partial charge in [0.15, 0.2) is 0 Å². The maximum atomic E-state index is 12.7. The summed E-state index contributed by atoms with van der Waals surface area (Å²) in [6, 6.07) is 6.84. The molecule has 1 aromatic rings. The summed E-state index contributed by atoms with van der Waals surface area (Å²) < 4.78 is 26.6. The molecule has 0 aliphatic carbocycles. The summed E-state index contributed by atoms with van der Waals surface area (Å²) in [5, 5.41) is 0. The van der Waals surface area contributed by atoms with Crippen LogP contribution in [-0.2, 0) is 14.8 Å². The van der Waals surface area contributed by atoms with E-state index < -0.39 is 16.1 Å². The van der Waals surface area contributed by atoms with Crippen molar-refractivity contribution in [1.82, 2.24) is 14.1 Å². The highest BCUT2D eigenvalue weighted by Gasteiger charge is 2.50. The van der Waals surface area contributed by atoms with Gasteiger partial charge in [-0.2, -0.15) is 4.31 Å². The van der Waals surface area contributed by atoms with Crippen LogP contribution in [0, 0.1) is 0 Å². The van der Waals surface area contributed by atoms with Crippen molar-refractivity contribution in [2.45, 2.75) is 30.8 Å². The molecule has 8 heteroatoms. The molecular formula is C15H19N3O4S. The Balaban J connectivity index is 1.86. The van der Waals surface area contributed by atoms with Gasteiger partial charge in [-0.15, -0.1) is 0 Å². The van der Waals surface area contributed by atoms with E-state index in [0.29, 0.717) is 0 Å². The Morgan fingerprint density at radius 2 is 1.74 bits per heavy atom. The molecule has 23 heavy (non-hydrogen) atoms. The number of carbonyl (C=O) groups excluding carboxylic acids is 2. The van der Waals surface area contributed by atoms with Gasteiger partial charge in [-0.05, 0) is 26.0 Å². The zero-order valence-corrected chi connectivity index (χ0v) is 13.9. The molecule has 0 N–H and O–H groups in total.